The standard InChI is InChI=1S/C24H37Cl2N3O2/c1-3-4-16-31-24(30)27-20-10-8-19(9-11-20)12-13-28-14-15-29(18(2)17-28)22-7-5-6-21(25)23(22)26/h5-7,18-20H,3-4,8-17H2,1-2H3,(H,27,30)/t18-,19?,20?/m1/s1. The zero-order valence-electron chi connectivity index (χ0n) is 18.9. The molecule has 1 saturated heterocycles. The molecule has 0 radical (unpaired) electrons. The van der Waals surface area contributed by atoms with Crippen molar-refractivity contribution in [3.05, 3.63) is 28.2 Å². The van der Waals surface area contributed by atoms with Gasteiger partial charge in [-0.15, -0.1) is 0 Å². The summed E-state index contributed by atoms with van der Waals surface area (Å²) in [6.07, 6.45) is 7.46. The van der Waals surface area contributed by atoms with E-state index in [-0.39, 0.29) is 12.1 Å². The highest BCUT2D eigenvalue weighted by Gasteiger charge is 2.27. The van der Waals surface area contributed by atoms with Crippen LogP contribution in [0.1, 0.15) is 58.8 Å². The maximum Gasteiger partial charge on any atom is 0.407 e. The maximum absolute atomic E-state index is 11.8. The summed E-state index contributed by atoms with van der Waals surface area (Å²) in [5.41, 5.74) is 1.04. The van der Waals surface area contributed by atoms with Crippen LogP contribution in [-0.4, -0.2) is 55.9 Å². The summed E-state index contributed by atoms with van der Waals surface area (Å²) in [6.45, 7) is 9.09. The Morgan fingerprint density at radius 2 is 1.97 bits per heavy atom. The smallest absolute Gasteiger partial charge is 0.407 e. The Morgan fingerprint density at radius 1 is 1.19 bits per heavy atom. The minimum absolute atomic E-state index is 0.247. The summed E-state index contributed by atoms with van der Waals surface area (Å²) in [6, 6.07) is 6.55. The van der Waals surface area contributed by atoms with Gasteiger partial charge in [0.2, 0.25) is 0 Å². The van der Waals surface area contributed by atoms with Gasteiger partial charge < -0.3 is 15.0 Å². The lowest BCUT2D eigenvalue weighted by Gasteiger charge is -2.42. The van der Waals surface area contributed by atoms with Crippen molar-refractivity contribution in [3.63, 3.8) is 0 Å². The van der Waals surface area contributed by atoms with Gasteiger partial charge in [0.25, 0.3) is 0 Å². The molecule has 5 nitrogen and oxygen atoms in total. The molecule has 1 N–H and O–H groups in total. The third-order valence-electron chi connectivity index (χ3n) is 6.71. The summed E-state index contributed by atoms with van der Waals surface area (Å²) in [7, 11) is 0. The van der Waals surface area contributed by atoms with Crippen LogP contribution in [-0.2, 0) is 4.74 Å². The molecule has 31 heavy (non-hydrogen) atoms. The van der Waals surface area contributed by atoms with Crippen LogP contribution in [0.4, 0.5) is 10.5 Å². The molecule has 1 saturated carbocycles. The second-order valence-corrected chi connectivity index (χ2v) is 9.84. The predicted molar refractivity (Wildman–Crippen MR) is 129 cm³/mol. The van der Waals surface area contributed by atoms with Gasteiger partial charge in [0, 0.05) is 31.7 Å². The zero-order chi connectivity index (χ0) is 22.2. The number of carbonyl (C=O) groups excluding carboxylic acids is 1. The fourth-order valence-corrected chi connectivity index (χ4v) is 5.19. The molecule has 1 atom stereocenters. The number of piperazine rings is 1. The topological polar surface area (TPSA) is 44.8 Å². The van der Waals surface area contributed by atoms with E-state index < -0.39 is 0 Å². The van der Waals surface area contributed by atoms with Crippen LogP contribution in [0, 0.1) is 5.92 Å². The van der Waals surface area contributed by atoms with Gasteiger partial charge in [-0.05, 0) is 70.0 Å². The first-order valence-electron chi connectivity index (χ1n) is 11.8. The van der Waals surface area contributed by atoms with Crippen LogP contribution >= 0.6 is 23.2 Å². The van der Waals surface area contributed by atoms with Crippen molar-refractivity contribution in [2.45, 2.75) is 70.9 Å². The van der Waals surface area contributed by atoms with Crippen molar-refractivity contribution < 1.29 is 9.53 Å². The van der Waals surface area contributed by atoms with Gasteiger partial charge >= 0.3 is 6.09 Å². The van der Waals surface area contributed by atoms with Crippen LogP contribution < -0.4 is 10.2 Å². The second kappa shape index (κ2) is 12.2. The number of hydrogen-bond donors (Lipinski definition) is 1. The Hall–Kier alpha value is -1.17. The van der Waals surface area contributed by atoms with Crippen molar-refractivity contribution in [2.75, 3.05) is 37.7 Å². The molecule has 0 aromatic heterocycles. The van der Waals surface area contributed by atoms with E-state index in [2.05, 4.69) is 35.0 Å². The molecule has 1 aliphatic heterocycles. The molecule has 0 unspecified atom stereocenters. The highest BCUT2D eigenvalue weighted by molar-refractivity contribution is 6.43. The number of alkyl carbamates (subject to hydrolysis) is 1. The van der Waals surface area contributed by atoms with Crippen molar-refractivity contribution >= 4 is 35.0 Å². The minimum atomic E-state index is -0.247. The largest absolute Gasteiger partial charge is 0.450 e. The summed E-state index contributed by atoms with van der Waals surface area (Å²) in [5, 5.41) is 4.32. The maximum atomic E-state index is 11.8. The van der Waals surface area contributed by atoms with E-state index in [0.717, 1.165) is 63.5 Å². The molecule has 1 heterocycles. The minimum Gasteiger partial charge on any atom is -0.450 e. The van der Waals surface area contributed by atoms with Crippen LogP contribution in [0.15, 0.2) is 18.2 Å². The van der Waals surface area contributed by atoms with Crippen molar-refractivity contribution in [1.82, 2.24) is 10.2 Å². The number of carbonyl (C=O) groups is 1. The molecule has 1 aromatic carbocycles. The van der Waals surface area contributed by atoms with Crippen LogP contribution in [0.5, 0.6) is 0 Å². The monoisotopic (exact) mass is 469 g/mol. The number of ether oxygens (including phenoxy) is 1. The molecule has 1 aliphatic carbocycles. The molecule has 1 amide bonds. The zero-order valence-corrected chi connectivity index (χ0v) is 20.4. The highest BCUT2D eigenvalue weighted by atomic mass is 35.5. The van der Waals surface area contributed by atoms with Gasteiger partial charge in [0.15, 0.2) is 0 Å². The van der Waals surface area contributed by atoms with E-state index >= 15 is 0 Å². The summed E-state index contributed by atoms with van der Waals surface area (Å²) in [5.74, 6) is 0.755. The van der Waals surface area contributed by atoms with E-state index in [4.69, 9.17) is 27.9 Å². The number of benzene rings is 1. The molecular formula is C24H37Cl2N3O2. The van der Waals surface area contributed by atoms with Gasteiger partial charge in [-0.3, -0.25) is 4.90 Å². The molecular weight excluding hydrogens is 433 g/mol. The number of nitrogens with zero attached hydrogens (tertiary/aromatic N) is 2. The number of nitrogens with one attached hydrogen (secondary N) is 1. The Kier molecular flexibility index (Phi) is 9.61. The molecule has 0 bridgehead atoms. The summed E-state index contributed by atoms with van der Waals surface area (Å²) < 4.78 is 5.23. The summed E-state index contributed by atoms with van der Waals surface area (Å²) >= 11 is 12.7. The Balaban J connectivity index is 1.36. The van der Waals surface area contributed by atoms with Gasteiger partial charge in [-0.25, -0.2) is 4.79 Å². The van der Waals surface area contributed by atoms with Crippen molar-refractivity contribution in [1.29, 1.82) is 0 Å². The number of halogens is 2. The molecule has 0 spiro atoms. The lowest BCUT2D eigenvalue weighted by molar-refractivity contribution is 0.134. The second-order valence-electron chi connectivity index (χ2n) is 9.06. The van der Waals surface area contributed by atoms with Crippen LogP contribution in [0.3, 0.4) is 0 Å². The molecule has 7 heteroatoms. The molecule has 2 aliphatic rings. The van der Waals surface area contributed by atoms with E-state index in [0.29, 0.717) is 22.7 Å². The van der Waals surface area contributed by atoms with Crippen LogP contribution in [0.2, 0.25) is 10.0 Å². The average molecular weight is 470 g/mol. The van der Waals surface area contributed by atoms with Crippen molar-refractivity contribution in [3.8, 4) is 0 Å². The van der Waals surface area contributed by atoms with Gasteiger partial charge in [-0.1, -0.05) is 42.6 Å². The number of anilines is 1. The lowest BCUT2D eigenvalue weighted by Crippen LogP contribution is -2.52. The Labute approximate surface area is 197 Å². The molecule has 1 aromatic rings. The Bertz CT molecular complexity index is 710. The van der Waals surface area contributed by atoms with Gasteiger partial charge in [-0.2, -0.15) is 0 Å². The van der Waals surface area contributed by atoms with E-state index in [9.17, 15) is 4.79 Å². The van der Waals surface area contributed by atoms with E-state index in [1.54, 1.807) is 0 Å². The number of amides is 1. The SMILES string of the molecule is CCCCOC(=O)NC1CCC(CCN2CCN(c3cccc(Cl)c3Cl)[C@H](C)C2)CC1. The van der Waals surface area contributed by atoms with Gasteiger partial charge in [0.05, 0.1) is 22.3 Å². The quantitative estimate of drug-likeness (QED) is 0.475. The average Bonchev–Trinajstić information content (AvgIpc) is 2.76. The number of unbranched alkanes of at least 4 members (excludes halogenated alkanes) is 1. The fraction of sp³-hybridized carbons (Fsp3) is 0.708. The Morgan fingerprint density at radius 3 is 2.68 bits per heavy atom. The molecule has 3 rings (SSSR count). The van der Waals surface area contributed by atoms with Crippen molar-refractivity contribution in [2.24, 2.45) is 5.92 Å². The van der Waals surface area contributed by atoms with Gasteiger partial charge in [0.1, 0.15) is 0 Å². The first kappa shape index (κ1) is 24.5. The first-order valence-corrected chi connectivity index (χ1v) is 12.6. The lowest BCUT2D eigenvalue weighted by atomic mass is 9.84. The van der Waals surface area contributed by atoms with E-state index in [1.165, 1.54) is 19.3 Å². The third-order valence-corrected chi connectivity index (χ3v) is 7.51. The highest BCUT2D eigenvalue weighted by Crippen LogP contribution is 2.34. The first-order chi connectivity index (χ1) is 15.0. The molecule has 174 valence electrons. The van der Waals surface area contributed by atoms with Crippen LogP contribution in [0.25, 0.3) is 0 Å². The van der Waals surface area contributed by atoms with E-state index in [1.807, 2.05) is 12.1 Å². The normalized spacial score (nSPS) is 24.8. The molecule has 2 fully saturated rings. The number of rotatable bonds is 8. The fourth-order valence-electron chi connectivity index (χ4n) is 4.79. The predicted octanol–water partition coefficient (Wildman–Crippen LogP) is 5.98. The summed E-state index contributed by atoms with van der Waals surface area (Å²) in [4.78, 5) is 16.8. The number of hydrogen-bond acceptors (Lipinski definition) is 4. The third kappa shape index (κ3) is 7.16.